The molecule has 1 unspecified atom stereocenters. The van der Waals surface area contributed by atoms with Gasteiger partial charge in [-0.15, -0.1) is 0 Å². The molecule has 1 atom stereocenters. The molecule has 0 aromatic carbocycles. The molecule has 6 nitrogen and oxygen atoms in total. The number of hydrogen-bond donors (Lipinski definition) is 1. The van der Waals surface area contributed by atoms with Gasteiger partial charge in [0.1, 0.15) is 5.54 Å². The first-order chi connectivity index (χ1) is 9.03. The van der Waals surface area contributed by atoms with Gasteiger partial charge >= 0.3 is 0 Å². The Morgan fingerprint density at radius 1 is 1.47 bits per heavy atom. The summed E-state index contributed by atoms with van der Waals surface area (Å²) >= 11 is 0. The molecule has 0 fully saturated rings. The van der Waals surface area contributed by atoms with Crippen LogP contribution in [0.1, 0.15) is 25.4 Å². The largest absolute Gasteiger partial charge is 0.379 e. The molecule has 0 spiro atoms. The number of ether oxygens (including phenoxy) is 1. The van der Waals surface area contributed by atoms with Crippen molar-refractivity contribution in [2.24, 2.45) is 5.73 Å². The van der Waals surface area contributed by atoms with E-state index in [9.17, 15) is 0 Å². The second kappa shape index (κ2) is 5.46. The predicted molar refractivity (Wildman–Crippen MR) is 70.3 cm³/mol. The van der Waals surface area contributed by atoms with E-state index < -0.39 is 5.54 Å². The maximum Gasteiger partial charge on any atom is 0.258 e. The fourth-order valence-corrected chi connectivity index (χ4v) is 1.63. The van der Waals surface area contributed by atoms with E-state index in [1.54, 1.807) is 6.20 Å². The van der Waals surface area contributed by atoms with Crippen molar-refractivity contribution in [2.75, 3.05) is 13.2 Å². The highest BCUT2D eigenvalue weighted by atomic mass is 16.5. The Balaban J connectivity index is 2.23. The molecule has 0 saturated carbocycles. The van der Waals surface area contributed by atoms with Crippen molar-refractivity contribution in [1.29, 1.82) is 0 Å². The normalized spacial score (nSPS) is 14.3. The van der Waals surface area contributed by atoms with Gasteiger partial charge in [0.05, 0.1) is 6.61 Å². The zero-order chi connectivity index (χ0) is 13.9. The summed E-state index contributed by atoms with van der Waals surface area (Å²) in [4.78, 5) is 8.46. The lowest BCUT2D eigenvalue weighted by Crippen LogP contribution is -2.39. The van der Waals surface area contributed by atoms with Gasteiger partial charge in [0, 0.05) is 24.1 Å². The molecule has 2 aromatic rings. The molecule has 2 heterocycles. The smallest absolute Gasteiger partial charge is 0.258 e. The van der Waals surface area contributed by atoms with Crippen molar-refractivity contribution in [1.82, 2.24) is 15.1 Å². The standard InChI is InChI=1S/C13H18N4O2/c1-4-18-8-13(3,14)12-16-11(19-17-12)10-5-6-15-9(2)7-10/h5-7H,4,8,14H2,1-3H3. The molecule has 0 aliphatic heterocycles. The molecule has 6 heteroatoms. The van der Waals surface area contributed by atoms with Gasteiger partial charge in [0.15, 0.2) is 5.82 Å². The number of rotatable bonds is 5. The summed E-state index contributed by atoms with van der Waals surface area (Å²) in [6, 6.07) is 3.70. The van der Waals surface area contributed by atoms with Gasteiger partial charge in [0.2, 0.25) is 0 Å². The number of hydrogen-bond acceptors (Lipinski definition) is 6. The van der Waals surface area contributed by atoms with Crippen LogP contribution in [0, 0.1) is 6.92 Å². The van der Waals surface area contributed by atoms with Crippen molar-refractivity contribution < 1.29 is 9.26 Å². The highest BCUT2D eigenvalue weighted by molar-refractivity contribution is 5.52. The highest BCUT2D eigenvalue weighted by Gasteiger charge is 2.28. The van der Waals surface area contributed by atoms with Crippen molar-refractivity contribution in [3.8, 4) is 11.5 Å². The van der Waals surface area contributed by atoms with Gasteiger partial charge in [0.25, 0.3) is 5.89 Å². The number of nitrogens with two attached hydrogens (primary N) is 1. The van der Waals surface area contributed by atoms with Crippen LogP contribution in [0.25, 0.3) is 11.5 Å². The lowest BCUT2D eigenvalue weighted by molar-refractivity contribution is 0.0962. The van der Waals surface area contributed by atoms with Crippen LogP contribution in [0.15, 0.2) is 22.9 Å². The van der Waals surface area contributed by atoms with E-state index in [0.29, 0.717) is 24.9 Å². The van der Waals surface area contributed by atoms with Crippen LogP contribution in [0.5, 0.6) is 0 Å². The van der Waals surface area contributed by atoms with Crippen LogP contribution < -0.4 is 5.73 Å². The topological polar surface area (TPSA) is 87.1 Å². The SMILES string of the molecule is CCOCC(C)(N)c1noc(-c2ccnc(C)c2)n1. The molecule has 2 rings (SSSR count). The summed E-state index contributed by atoms with van der Waals surface area (Å²) in [6.45, 7) is 6.58. The maximum absolute atomic E-state index is 6.12. The van der Waals surface area contributed by atoms with Crippen molar-refractivity contribution >= 4 is 0 Å². The van der Waals surface area contributed by atoms with Gasteiger partial charge < -0.3 is 15.0 Å². The van der Waals surface area contributed by atoms with Gasteiger partial charge in [-0.3, -0.25) is 4.98 Å². The van der Waals surface area contributed by atoms with Crippen LogP contribution in [0.3, 0.4) is 0 Å². The second-order valence-corrected chi connectivity index (χ2v) is 4.66. The molecular formula is C13H18N4O2. The molecule has 19 heavy (non-hydrogen) atoms. The van der Waals surface area contributed by atoms with E-state index in [2.05, 4.69) is 15.1 Å². The van der Waals surface area contributed by atoms with Crippen molar-refractivity contribution in [2.45, 2.75) is 26.3 Å². The molecule has 0 bridgehead atoms. The van der Waals surface area contributed by atoms with E-state index >= 15 is 0 Å². The molecule has 0 aliphatic carbocycles. The maximum atomic E-state index is 6.12. The first-order valence-electron chi connectivity index (χ1n) is 6.17. The molecule has 2 N–H and O–H groups in total. The zero-order valence-corrected chi connectivity index (χ0v) is 11.4. The van der Waals surface area contributed by atoms with Crippen molar-refractivity contribution in [3.63, 3.8) is 0 Å². The van der Waals surface area contributed by atoms with E-state index in [-0.39, 0.29) is 0 Å². The van der Waals surface area contributed by atoms with Crippen LogP contribution in [0.4, 0.5) is 0 Å². The fourth-order valence-electron chi connectivity index (χ4n) is 1.63. The van der Waals surface area contributed by atoms with E-state index in [1.807, 2.05) is 32.9 Å². The van der Waals surface area contributed by atoms with E-state index in [0.717, 1.165) is 11.3 Å². The Labute approximate surface area is 112 Å². The first kappa shape index (κ1) is 13.6. The Morgan fingerprint density at radius 2 is 2.26 bits per heavy atom. The fraction of sp³-hybridized carbons (Fsp3) is 0.462. The molecule has 102 valence electrons. The zero-order valence-electron chi connectivity index (χ0n) is 11.4. The molecular weight excluding hydrogens is 244 g/mol. The third-order valence-electron chi connectivity index (χ3n) is 2.69. The number of pyridine rings is 1. The summed E-state index contributed by atoms with van der Waals surface area (Å²) in [5, 5.41) is 3.94. The lowest BCUT2D eigenvalue weighted by Gasteiger charge is -2.19. The minimum Gasteiger partial charge on any atom is -0.379 e. The Kier molecular flexibility index (Phi) is 3.92. The molecule has 0 radical (unpaired) electrons. The van der Waals surface area contributed by atoms with Crippen molar-refractivity contribution in [3.05, 3.63) is 29.8 Å². The minimum atomic E-state index is -0.764. The quantitative estimate of drug-likeness (QED) is 0.881. The number of aryl methyl sites for hydroxylation is 1. The summed E-state index contributed by atoms with van der Waals surface area (Å²) in [7, 11) is 0. The monoisotopic (exact) mass is 262 g/mol. The highest BCUT2D eigenvalue weighted by Crippen LogP contribution is 2.21. The summed E-state index contributed by atoms with van der Waals surface area (Å²) < 4.78 is 10.6. The van der Waals surface area contributed by atoms with Crippen LogP contribution in [0.2, 0.25) is 0 Å². The molecule has 0 saturated heterocycles. The van der Waals surface area contributed by atoms with Gasteiger partial charge in [-0.2, -0.15) is 4.98 Å². The number of nitrogens with zero attached hydrogens (tertiary/aromatic N) is 3. The second-order valence-electron chi connectivity index (χ2n) is 4.66. The third-order valence-corrected chi connectivity index (χ3v) is 2.69. The average Bonchev–Trinajstić information content (AvgIpc) is 2.87. The van der Waals surface area contributed by atoms with E-state index in [1.165, 1.54) is 0 Å². The predicted octanol–water partition coefficient (Wildman–Crippen LogP) is 1.65. The van der Waals surface area contributed by atoms with Crippen LogP contribution >= 0.6 is 0 Å². The Morgan fingerprint density at radius 3 is 2.95 bits per heavy atom. The number of aromatic nitrogens is 3. The van der Waals surface area contributed by atoms with E-state index in [4.69, 9.17) is 15.0 Å². The molecule has 0 amide bonds. The lowest BCUT2D eigenvalue weighted by atomic mass is 10.1. The summed E-state index contributed by atoms with van der Waals surface area (Å²) in [5.74, 6) is 0.874. The minimum absolute atomic E-state index is 0.345. The Hall–Kier alpha value is -1.79. The Bertz CT molecular complexity index is 551. The van der Waals surface area contributed by atoms with Gasteiger partial charge in [-0.25, -0.2) is 0 Å². The van der Waals surface area contributed by atoms with Gasteiger partial charge in [-0.1, -0.05) is 5.16 Å². The molecule has 2 aromatic heterocycles. The average molecular weight is 262 g/mol. The van der Waals surface area contributed by atoms with Crippen LogP contribution in [-0.2, 0) is 10.3 Å². The summed E-state index contributed by atoms with van der Waals surface area (Å²) in [6.07, 6.45) is 1.70. The summed E-state index contributed by atoms with van der Waals surface area (Å²) in [5.41, 5.74) is 7.08. The first-order valence-corrected chi connectivity index (χ1v) is 6.17. The molecule has 0 aliphatic rings. The van der Waals surface area contributed by atoms with Crippen LogP contribution in [-0.4, -0.2) is 28.3 Å². The van der Waals surface area contributed by atoms with Gasteiger partial charge in [-0.05, 0) is 32.9 Å². The third kappa shape index (κ3) is 3.15.